The van der Waals surface area contributed by atoms with Crippen molar-refractivity contribution in [2.45, 2.75) is 47.5 Å². The Labute approximate surface area is 89.4 Å². The van der Waals surface area contributed by atoms with Crippen LogP contribution in [0.3, 0.4) is 0 Å². The van der Waals surface area contributed by atoms with Crippen LogP contribution >= 0.6 is 0 Å². The van der Waals surface area contributed by atoms with Crippen molar-refractivity contribution in [1.82, 2.24) is 0 Å². The van der Waals surface area contributed by atoms with Crippen LogP contribution in [0.4, 0.5) is 0 Å². The van der Waals surface area contributed by atoms with Gasteiger partial charge in [-0.1, -0.05) is 58.9 Å². The molecule has 1 aliphatic rings. The van der Waals surface area contributed by atoms with Crippen molar-refractivity contribution < 1.29 is 0 Å². The van der Waals surface area contributed by atoms with E-state index in [4.69, 9.17) is 0 Å². The van der Waals surface area contributed by atoms with Gasteiger partial charge in [0.15, 0.2) is 0 Å². The van der Waals surface area contributed by atoms with Crippen LogP contribution in [0.5, 0.6) is 0 Å². The standard InChI is InChI=1S/C12H18.C2H6/c1-4-11-8-6-10(3)7-9-12(11)5-2;1-2/h6-10H,4-5H2,1-3H3;1-2H3. The summed E-state index contributed by atoms with van der Waals surface area (Å²) in [6.45, 7) is 10.7. The van der Waals surface area contributed by atoms with Crippen LogP contribution < -0.4 is 0 Å². The molecule has 14 heavy (non-hydrogen) atoms. The van der Waals surface area contributed by atoms with Gasteiger partial charge in [0.1, 0.15) is 0 Å². The summed E-state index contributed by atoms with van der Waals surface area (Å²) in [6, 6.07) is 0. The predicted octanol–water partition coefficient (Wildman–Crippen LogP) is 4.89. The van der Waals surface area contributed by atoms with E-state index in [2.05, 4.69) is 45.1 Å². The molecule has 0 aromatic heterocycles. The molecular formula is C14H24. The summed E-state index contributed by atoms with van der Waals surface area (Å²) in [4.78, 5) is 0. The highest BCUT2D eigenvalue weighted by Gasteiger charge is 2.01. The van der Waals surface area contributed by atoms with Gasteiger partial charge < -0.3 is 0 Å². The minimum absolute atomic E-state index is 0.593. The molecule has 0 saturated heterocycles. The Kier molecular flexibility index (Phi) is 7.18. The molecule has 0 N–H and O–H groups in total. The summed E-state index contributed by atoms with van der Waals surface area (Å²) in [5, 5.41) is 0. The lowest BCUT2D eigenvalue weighted by Crippen LogP contribution is -1.82. The third-order valence-corrected chi connectivity index (χ3v) is 2.38. The molecule has 0 nitrogen and oxygen atoms in total. The average Bonchev–Trinajstić information content (AvgIpc) is 2.42. The van der Waals surface area contributed by atoms with Gasteiger partial charge in [-0.15, -0.1) is 0 Å². The Morgan fingerprint density at radius 2 is 1.29 bits per heavy atom. The Morgan fingerprint density at radius 3 is 1.57 bits per heavy atom. The van der Waals surface area contributed by atoms with E-state index >= 15 is 0 Å². The van der Waals surface area contributed by atoms with Crippen LogP contribution in [-0.2, 0) is 0 Å². The lowest BCUT2D eigenvalue weighted by molar-refractivity contribution is 0.939. The maximum absolute atomic E-state index is 2.28. The average molecular weight is 192 g/mol. The lowest BCUT2D eigenvalue weighted by atomic mass is 10.0. The first-order valence-corrected chi connectivity index (χ1v) is 5.86. The lowest BCUT2D eigenvalue weighted by Gasteiger charge is -2.02. The minimum Gasteiger partial charge on any atom is -0.0776 e. The monoisotopic (exact) mass is 192 g/mol. The van der Waals surface area contributed by atoms with Gasteiger partial charge in [0.05, 0.1) is 0 Å². The fourth-order valence-electron chi connectivity index (χ4n) is 1.50. The SMILES string of the molecule is CC.CCC1=C(CC)C=CC(C)C=C1. The van der Waals surface area contributed by atoms with Gasteiger partial charge in [0.25, 0.3) is 0 Å². The topological polar surface area (TPSA) is 0 Å². The molecule has 0 heterocycles. The number of hydrogen-bond acceptors (Lipinski definition) is 0. The summed E-state index contributed by atoms with van der Waals surface area (Å²) in [7, 11) is 0. The van der Waals surface area contributed by atoms with Crippen LogP contribution in [0.15, 0.2) is 35.5 Å². The van der Waals surface area contributed by atoms with Gasteiger partial charge in [-0.05, 0) is 29.9 Å². The fraction of sp³-hybridized carbons (Fsp3) is 0.571. The first-order chi connectivity index (χ1) is 6.77. The minimum atomic E-state index is 0.593. The van der Waals surface area contributed by atoms with Gasteiger partial charge in [-0.3, -0.25) is 0 Å². The van der Waals surface area contributed by atoms with E-state index in [0.29, 0.717) is 5.92 Å². The van der Waals surface area contributed by atoms with Crippen molar-refractivity contribution in [3.05, 3.63) is 35.5 Å². The largest absolute Gasteiger partial charge is 0.0776 e. The summed E-state index contributed by atoms with van der Waals surface area (Å²) in [6.07, 6.45) is 11.4. The molecule has 0 aliphatic heterocycles. The maximum Gasteiger partial charge on any atom is -0.00754 e. The van der Waals surface area contributed by atoms with E-state index in [1.807, 2.05) is 13.8 Å². The molecule has 0 bridgehead atoms. The second-order valence-corrected chi connectivity index (χ2v) is 3.33. The van der Waals surface area contributed by atoms with Crippen molar-refractivity contribution in [1.29, 1.82) is 0 Å². The number of rotatable bonds is 2. The van der Waals surface area contributed by atoms with Crippen molar-refractivity contribution >= 4 is 0 Å². The molecule has 0 fully saturated rings. The Morgan fingerprint density at radius 1 is 0.929 bits per heavy atom. The van der Waals surface area contributed by atoms with Crippen LogP contribution in [0.1, 0.15) is 47.5 Å². The molecule has 0 aromatic rings. The molecule has 0 radical (unpaired) electrons. The molecule has 0 heteroatoms. The fourth-order valence-corrected chi connectivity index (χ4v) is 1.50. The smallest absolute Gasteiger partial charge is 0.00754 e. The van der Waals surface area contributed by atoms with Crippen molar-refractivity contribution in [3.8, 4) is 0 Å². The van der Waals surface area contributed by atoms with E-state index in [0.717, 1.165) is 12.8 Å². The van der Waals surface area contributed by atoms with Crippen LogP contribution in [-0.4, -0.2) is 0 Å². The van der Waals surface area contributed by atoms with Crippen LogP contribution in [0.2, 0.25) is 0 Å². The molecule has 0 atom stereocenters. The molecule has 80 valence electrons. The van der Waals surface area contributed by atoms with Crippen molar-refractivity contribution in [3.63, 3.8) is 0 Å². The predicted molar refractivity (Wildman–Crippen MR) is 66.4 cm³/mol. The summed E-state index contributed by atoms with van der Waals surface area (Å²) >= 11 is 0. The highest BCUT2D eigenvalue weighted by Crippen LogP contribution is 2.20. The highest BCUT2D eigenvalue weighted by atomic mass is 14.1. The molecule has 0 saturated carbocycles. The van der Waals surface area contributed by atoms with Gasteiger partial charge in [-0.2, -0.15) is 0 Å². The molecule has 0 amide bonds. The van der Waals surface area contributed by atoms with Gasteiger partial charge in [-0.25, -0.2) is 0 Å². The zero-order valence-corrected chi connectivity index (χ0v) is 10.3. The normalized spacial score (nSPS) is 16.4. The van der Waals surface area contributed by atoms with E-state index in [9.17, 15) is 0 Å². The number of hydrogen-bond donors (Lipinski definition) is 0. The van der Waals surface area contributed by atoms with Gasteiger partial charge >= 0.3 is 0 Å². The third kappa shape index (κ3) is 3.95. The van der Waals surface area contributed by atoms with E-state index in [1.54, 1.807) is 0 Å². The summed E-state index contributed by atoms with van der Waals surface area (Å²) in [5.74, 6) is 0.593. The van der Waals surface area contributed by atoms with Crippen molar-refractivity contribution in [2.24, 2.45) is 5.92 Å². The van der Waals surface area contributed by atoms with E-state index in [1.165, 1.54) is 11.1 Å². The highest BCUT2D eigenvalue weighted by molar-refractivity contribution is 5.36. The maximum atomic E-state index is 2.28. The van der Waals surface area contributed by atoms with Crippen LogP contribution in [0.25, 0.3) is 0 Å². The Bertz CT molecular complexity index is 204. The van der Waals surface area contributed by atoms with Crippen LogP contribution in [0, 0.1) is 5.92 Å². The van der Waals surface area contributed by atoms with E-state index in [-0.39, 0.29) is 0 Å². The van der Waals surface area contributed by atoms with E-state index < -0.39 is 0 Å². The van der Waals surface area contributed by atoms with Crippen molar-refractivity contribution in [2.75, 3.05) is 0 Å². The number of allylic oxidation sites excluding steroid dienone is 6. The molecule has 0 unspecified atom stereocenters. The molecular weight excluding hydrogens is 168 g/mol. The molecule has 0 aromatic carbocycles. The molecule has 0 spiro atoms. The van der Waals surface area contributed by atoms with Gasteiger partial charge in [0, 0.05) is 0 Å². The van der Waals surface area contributed by atoms with Gasteiger partial charge in [0.2, 0.25) is 0 Å². The zero-order valence-electron chi connectivity index (χ0n) is 10.3. The third-order valence-electron chi connectivity index (χ3n) is 2.38. The summed E-state index contributed by atoms with van der Waals surface area (Å²) < 4.78 is 0. The first kappa shape index (κ1) is 13.2. The second-order valence-electron chi connectivity index (χ2n) is 3.33. The molecule has 1 rings (SSSR count). The second kappa shape index (κ2) is 7.61. The molecule has 1 aliphatic carbocycles. The quantitative estimate of drug-likeness (QED) is 0.584. The Hall–Kier alpha value is -0.780. The zero-order chi connectivity index (χ0) is 11.0. The summed E-state index contributed by atoms with van der Waals surface area (Å²) in [5.41, 5.74) is 3.00. The Balaban J connectivity index is 0.000000791. The first-order valence-electron chi connectivity index (χ1n) is 5.86.